The smallest absolute Gasteiger partial charge is 0.311 e. The van der Waals surface area contributed by atoms with E-state index in [9.17, 15) is 38.7 Å². The number of carbonyl (C=O) groups is 7. The summed E-state index contributed by atoms with van der Waals surface area (Å²) < 4.78 is 50.8. The zero-order chi connectivity index (χ0) is 38.3. The van der Waals surface area contributed by atoms with E-state index in [1.54, 1.807) is 41.5 Å². The van der Waals surface area contributed by atoms with E-state index in [2.05, 4.69) is 5.32 Å². The molecule has 2 aliphatic rings. The summed E-state index contributed by atoms with van der Waals surface area (Å²) in [4.78, 5) is 86.9. The predicted molar refractivity (Wildman–Crippen MR) is 165 cm³/mol. The summed E-state index contributed by atoms with van der Waals surface area (Å²) in [5.74, 6) is -5.54. The number of amides is 1. The van der Waals surface area contributed by atoms with Crippen molar-refractivity contribution >= 4 is 41.7 Å². The highest BCUT2D eigenvalue weighted by Crippen LogP contribution is 2.35. The highest BCUT2D eigenvalue weighted by atomic mass is 16.8. The summed E-state index contributed by atoms with van der Waals surface area (Å²) in [6.07, 6.45) is -14.5. The number of hydrogen-bond donors (Lipinski definition) is 2. The standard InChI is InChI=1S/C32H49NO17/c1-14(34)33-21-24(22(50-30(41)32(9,10)11)19(47-27(21)39)13-43-29(40)31(6,7)8)49-28-26(46-18(5)38)25(45-17(4)37)23(44-16(3)36)20(48-28)12-42-15(2)35/h19-28,39H,12-13H2,1-11H3,(H,33,34)/t19-,20-,21-,22+,23+,24-,25+,26-,27-,28+/m1/s1. The molecule has 0 aromatic rings. The Morgan fingerprint density at radius 1 is 0.580 bits per heavy atom. The Bertz CT molecular complexity index is 1270. The van der Waals surface area contributed by atoms with Crippen molar-refractivity contribution in [1.82, 2.24) is 5.32 Å². The number of esters is 6. The maximum absolute atomic E-state index is 13.3. The van der Waals surface area contributed by atoms with Gasteiger partial charge < -0.3 is 53.1 Å². The average molecular weight is 720 g/mol. The first-order valence-electron chi connectivity index (χ1n) is 15.9. The van der Waals surface area contributed by atoms with Gasteiger partial charge in [0.1, 0.15) is 37.6 Å². The molecule has 1 amide bonds. The zero-order valence-electron chi connectivity index (χ0n) is 30.2. The first-order valence-corrected chi connectivity index (χ1v) is 15.9. The van der Waals surface area contributed by atoms with Gasteiger partial charge in [-0.15, -0.1) is 0 Å². The van der Waals surface area contributed by atoms with Crippen LogP contribution >= 0.6 is 0 Å². The van der Waals surface area contributed by atoms with Crippen LogP contribution in [0.15, 0.2) is 0 Å². The van der Waals surface area contributed by atoms with Crippen molar-refractivity contribution < 1.29 is 81.3 Å². The van der Waals surface area contributed by atoms with Gasteiger partial charge in [0.25, 0.3) is 0 Å². The van der Waals surface area contributed by atoms with E-state index in [1.807, 2.05) is 0 Å². The van der Waals surface area contributed by atoms with Gasteiger partial charge in [-0.05, 0) is 41.5 Å². The van der Waals surface area contributed by atoms with Crippen LogP contribution in [0.3, 0.4) is 0 Å². The number of aliphatic hydroxyl groups is 1. The normalized spacial score (nSPS) is 29.8. The first kappa shape index (κ1) is 42.3. The molecule has 0 aromatic carbocycles. The quantitative estimate of drug-likeness (QED) is 0.215. The number of nitrogens with one attached hydrogen (secondary N) is 1. The lowest BCUT2D eigenvalue weighted by atomic mass is 9.93. The van der Waals surface area contributed by atoms with Crippen LogP contribution in [0, 0.1) is 10.8 Å². The van der Waals surface area contributed by atoms with Gasteiger partial charge in [-0.25, -0.2) is 0 Å². The minimum absolute atomic E-state index is 0.555. The maximum Gasteiger partial charge on any atom is 0.311 e. The van der Waals surface area contributed by atoms with Crippen molar-refractivity contribution in [3.63, 3.8) is 0 Å². The van der Waals surface area contributed by atoms with Crippen LogP contribution in [0.5, 0.6) is 0 Å². The Balaban J connectivity index is 2.75. The number of ether oxygens (including phenoxy) is 9. The maximum atomic E-state index is 13.3. The fourth-order valence-corrected chi connectivity index (χ4v) is 4.87. The molecule has 0 aromatic heterocycles. The zero-order valence-corrected chi connectivity index (χ0v) is 30.2. The molecule has 2 rings (SSSR count). The highest BCUT2D eigenvalue weighted by molar-refractivity contribution is 5.76. The molecule has 2 N–H and O–H groups in total. The highest BCUT2D eigenvalue weighted by Gasteiger charge is 2.57. The fourth-order valence-electron chi connectivity index (χ4n) is 4.87. The molecular weight excluding hydrogens is 670 g/mol. The van der Waals surface area contributed by atoms with Gasteiger partial charge in [-0.1, -0.05) is 0 Å². The molecule has 10 atom stereocenters. The third-order valence-electron chi connectivity index (χ3n) is 7.12. The first-order chi connectivity index (χ1) is 22.9. The lowest BCUT2D eigenvalue weighted by Gasteiger charge is -2.49. The van der Waals surface area contributed by atoms with Gasteiger partial charge in [0.05, 0.1) is 10.8 Å². The Morgan fingerprint density at radius 3 is 1.52 bits per heavy atom. The van der Waals surface area contributed by atoms with Crippen LogP contribution in [0.4, 0.5) is 0 Å². The van der Waals surface area contributed by atoms with Crippen molar-refractivity contribution in [2.24, 2.45) is 10.8 Å². The third-order valence-corrected chi connectivity index (χ3v) is 7.12. The molecule has 18 nitrogen and oxygen atoms in total. The molecule has 18 heteroatoms. The van der Waals surface area contributed by atoms with Crippen LogP contribution < -0.4 is 5.32 Å². The van der Waals surface area contributed by atoms with E-state index in [4.69, 9.17) is 42.6 Å². The summed E-state index contributed by atoms with van der Waals surface area (Å²) >= 11 is 0. The van der Waals surface area contributed by atoms with Gasteiger partial charge in [-0.3, -0.25) is 33.6 Å². The average Bonchev–Trinajstić information content (AvgIpc) is 2.94. The minimum Gasteiger partial charge on any atom is -0.463 e. The van der Waals surface area contributed by atoms with E-state index in [1.165, 1.54) is 0 Å². The molecule has 2 saturated heterocycles. The monoisotopic (exact) mass is 719 g/mol. The second kappa shape index (κ2) is 17.4. The summed E-state index contributed by atoms with van der Waals surface area (Å²) in [6.45, 7) is 13.7. The molecule has 2 heterocycles. The van der Waals surface area contributed by atoms with Gasteiger partial charge in [0, 0.05) is 34.6 Å². The lowest BCUT2D eigenvalue weighted by Crippen LogP contribution is -2.69. The van der Waals surface area contributed by atoms with Crippen molar-refractivity contribution in [2.75, 3.05) is 13.2 Å². The van der Waals surface area contributed by atoms with Crippen molar-refractivity contribution in [3.8, 4) is 0 Å². The van der Waals surface area contributed by atoms with Crippen molar-refractivity contribution in [1.29, 1.82) is 0 Å². The molecule has 2 aliphatic heterocycles. The second-order valence-electron chi connectivity index (χ2n) is 13.9. The van der Waals surface area contributed by atoms with Crippen LogP contribution in [0.2, 0.25) is 0 Å². The van der Waals surface area contributed by atoms with Crippen molar-refractivity contribution in [2.45, 2.75) is 138 Å². The molecule has 0 bridgehead atoms. The van der Waals surface area contributed by atoms with Crippen LogP contribution in [-0.4, -0.2) is 121 Å². The third kappa shape index (κ3) is 12.2. The topological polar surface area (TPSA) is 235 Å². The summed E-state index contributed by atoms with van der Waals surface area (Å²) in [5, 5.41) is 13.6. The second-order valence-corrected chi connectivity index (χ2v) is 13.9. The van der Waals surface area contributed by atoms with E-state index >= 15 is 0 Å². The van der Waals surface area contributed by atoms with Crippen LogP contribution in [0.1, 0.15) is 76.2 Å². The molecule has 0 saturated carbocycles. The molecule has 0 radical (unpaired) electrons. The Labute approximate surface area is 290 Å². The van der Waals surface area contributed by atoms with E-state index in [0.29, 0.717) is 0 Å². The summed E-state index contributed by atoms with van der Waals surface area (Å²) in [6, 6.07) is -1.51. The van der Waals surface area contributed by atoms with E-state index < -0.39 is 127 Å². The summed E-state index contributed by atoms with van der Waals surface area (Å²) in [7, 11) is 0. The van der Waals surface area contributed by atoms with Gasteiger partial charge in [0.15, 0.2) is 37.0 Å². The van der Waals surface area contributed by atoms with Gasteiger partial charge in [-0.2, -0.15) is 0 Å². The summed E-state index contributed by atoms with van der Waals surface area (Å²) in [5.41, 5.74) is -2.06. The van der Waals surface area contributed by atoms with Crippen LogP contribution in [-0.2, 0) is 76.2 Å². The van der Waals surface area contributed by atoms with E-state index in [0.717, 1.165) is 34.6 Å². The number of aliphatic hydroxyl groups excluding tert-OH is 1. The molecule has 50 heavy (non-hydrogen) atoms. The Morgan fingerprint density at radius 2 is 1.04 bits per heavy atom. The Kier molecular flexibility index (Phi) is 14.7. The molecule has 0 unspecified atom stereocenters. The van der Waals surface area contributed by atoms with Crippen LogP contribution in [0.25, 0.3) is 0 Å². The molecular formula is C32H49NO17. The minimum atomic E-state index is -1.86. The molecule has 0 aliphatic carbocycles. The lowest BCUT2D eigenvalue weighted by molar-refractivity contribution is -0.344. The molecule has 0 spiro atoms. The van der Waals surface area contributed by atoms with Gasteiger partial charge in [0.2, 0.25) is 5.91 Å². The number of carbonyl (C=O) groups excluding carboxylic acids is 7. The SMILES string of the molecule is CC(=O)N[C@@H]1[C@@H](O[C@@H]2O[C@H](COC(C)=O)[C@H](OC(C)=O)[C@H](OC(C)=O)[C@H]2OC(C)=O)[C@@H](OC(=O)C(C)(C)C)[C@@H](COC(=O)C(C)(C)C)O[C@H]1O. The predicted octanol–water partition coefficient (Wildman–Crippen LogP) is 0.224. The number of hydrogen-bond acceptors (Lipinski definition) is 17. The number of rotatable bonds is 11. The van der Waals surface area contributed by atoms with E-state index in [-0.39, 0.29) is 0 Å². The largest absolute Gasteiger partial charge is 0.463 e. The van der Waals surface area contributed by atoms with Crippen molar-refractivity contribution in [3.05, 3.63) is 0 Å². The Hall–Kier alpha value is -3.87. The molecule has 284 valence electrons. The fraction of sp³-hybridized carbons (Fsp3) is 0.781. The molecule has 2 fully saturated rings. The van der Waals surface area contributed by atoms with Gasteiger partial charge >= 0.3 is 35.8 Å².